The van der Waals surface area contributed by atoms with E-state index in [0.29, 0.717) is 12.4 Å². The van der Waals surface area contributed by atoms with Gasteiger partial charge in [0.1, 0.15) is 11.3 Å². The molecule has 0 aliphatic carbocycles. The summed E-state index contributed by atoms with van der Waals surface area (Å²) in [6.45, 7) is 2.77. The van der Waals surface area contributed by atoms with E-state index in [-0.39, 0.29) is 5.56 Å². The van der Waals surface area contributed by atoms with Crippen LogP contribution in [0, 0.1) is 0 Å². The second kappa shape index (κ2) is 8.86. The Labute approximate surface area is 119 Å². The molecule has 0 amide bonds. The van der Waals surface area contributed by atoms with Crippen LogP contribution in [0.4, 0.5) is 0 Å². The van der Waals surface area contributed by atoms with E-state index in [1.54, 1.807) is 6.07 Å². The zero-order valence-electron chi connectivity index (χ0n) is 11.6. The Kier molecular flexibility index (Phi) is 7.41. The molecule has 1 aromatic carbocycles. The van der Waals surface area contributed by atoms with Crippen molar-refractivity contribution >= 4 is 17.7 Å². The number of carbonyl (C=O) groups is 1. The summed E-state index contributed by atoms with van der Waals surface area (Å²) in [5.74, 6) is -0.444. The van der Waals surface area contributed by atoms with Crippen molar-refractivity contribution in [1.82, 2.24) is 0 Å². The number of ether oxygens (including phenoxy) is 1. The molecule has 106 valence electrons. The van der Waals surface area contributed by atoms with Crippen LogP contribution < -0.4 is 4.74 Å². The summed E-state index contributed by atoms with van der Waals surface area (Å²) in [5, 5.41) is 9.26. The minimum Gasteiger partial charge on any atom is -0.493 e. The Morgan fingerprint density at radius 1 is 1.26 bits per heavy atom. The number of thioether (sulfide) groups is 1. The molecule has 0 spiro atoms. The molecule has 0 fully saturated rings. The molecule has 0 saturated carbocycles. The first-order chi connectivity index (χ1) is 9.20. The molecule has 0 unspecified atom stereocenters. The van der Waals surface area contributed by atoms with Crippen LogP contribution in [0.1, 0.15) is 49.4 Å². The SMILES string of the molecule is CCCCCCCOc1cccc(SC)c1C(=O)O. The minimum atomic E-state index is -0.925. The molecule has 0 aromatic heterocycles. The van der Waals surface area contributed by atoms with Crippen LogP contribution in [0.15, 0.2) is 23.1 Å². The Morgan fingerprint density at radius 2 is 2.00 bits per heavy atom. The lowest BCUT2D eigenvalue weighted by Gasteiger charge is -2.11. The van der Waals surface area contributed by atoms with Gasteiger partial charge in [0.05, 0.1) is 6.61 Å². The number of benzene rings is 1. The van der Waals surface area contributed by atoms with Crippen molar-refractivity contribution in [2.45, 2.75) is 43.9 Å². The molecule has 4 heteroatoms. The summed E-state index contributed by atoms with van der Waals surface area (Å²) >= 11 is 1.43. The zero-order chi connectivity index (χ0) is 14.1. The zero-order valence-corrected chi connectivity index (χ0v) is 12.5. The van der Waals surface area contributed by atoms with E-state index >= 15 is 0 Å². The van der Waals surface area contributed by atoms with Gasteiger partial charge in [0.2, 0.25) is 0 Å². The number of carboxylic acid groups (broad SMARTS) is 1. The van der Waals surface area contributed by atoms with E-state index in [0.717, 1.165) is 17.7 Å². The topological polar surface area (TPSA) is 46.5 Å². The maximum atomic E-state index is 11.3. The molecule has 1 rings (SSSR count). The summed E-state index contributed by atoms with van der Waals surface area (Å²) in [6, 6.07) is 5.38. The van der Waals surface area contributed by atoms with Gasteiger partial charge in [-0.15, -0.1) is 11.8 Å². The summed E-state index contributed by atoms with van der Waals surface area (Å²) in [6.07, 6.45) is 7.68. The third-order valence-electron chi connectivity index (χ3n) is 2.93. The van der Waals surface area contributed by atoms with Crippen molar-refractivity contribution in [3.8, 4) is 5.75 Å². The molecule has 0 heterocycles. The second-order valence-electron chi connectivity index (χ2n) is 4.40. The van der Waals surface area contributed by atoms with Crippen molar-refractivity contribution < 1.29 is 14.6 Å². The summed E-state index contributed by atoms with van der Waals surface area (Å²) in [5.41, 5.74) is 0.281. The summed E-state index contributed by atoms with van der Waals surface area (Å²) < 4.78 is 5.63. The maximum absolute atomic E-state index is 11.3. The summed E-state index contributed by atoms with van der Waals surface area (Å²) in [7, 11) is 0. The fourth-order valence-electron chi connectivity index (χ4n) is 1.90. The van der Waals surface area contributed by atoms with Gasteiger partial charge < -0.3 is 9.84 Å². The lowest BCUT2D eigenvalue weighted by Crippen LogP contribution is -2.06. The Hall–Kier alpha value is -1.16. The number of hydrogen-bond donors (Lipinski definition) is 1. The average Bonchev–Trinajstić information content (AvgIpc) is 2.42. The molecule has 19 heavy (non-hydrogen) atoms. The number of rotatable bonds is 9. The molecule has 1 aromatic rings. The highest BCUT2D eigenvalue weighted by Crippen LogP contribution is 2.29. The van der Waals surface area contributed by atoms with Crippen LogP contribution in [-0.4, -0.2) is 23.9 Å². The maximum Gasteiger partial charge on any atom is 0.340 e. The smallest absolute Gasteiger partial charge is 0.340 e. The predicted molar refractivity (Wildman–Crippen MR) is 79.4 cm³/mol. The molecule has 0 bridgehead atoms. The van der Waals surface area contributed by atoms with Crippen molar-refractivity contribution in [1.29, 1.82) is 0 Å². The van der Waals surface area contributed by atoms with Gasteiger partial charge in [-0.05, 0) is 24.8 Å². The standard InChI is InChI=1S/C15H22O3S/c1-3-4-5-6-7-11-18-12-9-8-10-13(19-2)14(12)15(16)17/h8-10H,3-7,11H2,1-2H3,(H,16,17). The molecule has 0 saturated heterocycles. The van der Waals surface area contributed by atoms with E-state index in [2.05, 4.69) is 6.92 Å². The predicted octanol–water partition coefficient (Wildman–Crippen LogP) is 4.46. The average molecular weight is 282 g/mol. The normalized spacial score (nSPS) is 10.4. The molecule has 0 atom stereocenters. The fraction of sp³-hybridized carbons (Fsp3) is 0.533. The van der Waals surface area contributed by atoms with E-state index in [4.69, 9.17) is 4.74 Å². The van der Waals surface area contributed by atoms with E-state index in [9.17, 15) is 9.90 Å². The first-order valence-electron chi connectivity index (χ1n) is 6.73. The molecule has 0 radical (unpaired) electrons. The van der Waals surface area contributed by atoms with Gasteiger partial charge >= 0.3 is 5.97 Å². The molecule has 1 N–H and O–H groups in total. The molecule has 0 aliphatic heterocycles. The van der Waals surface area contributed by atoms with Gasteiger partial charge in [-0.1, -0.05) is 38.7 Å². The molecular weight excluding hydrogens is 260 g/mol. The highest BCUT2D eigenvalue weighted by Gasteiger charge is 2.15. The largest absolute Gasteiger partial charge is 0.493 e. The van der Waals surface area contributed by atoms with Crippen molar-refractivity contribution in [3.05, 3.63) is 23.8 Å². The quantitative estimate of drug-likeness (QED) is 0.536. The first kappa shape index (κ1) is 15.9. The van der Waals surface area contributed by atoms with Gasteiger partial charge in [-0.3, -0.25) is 0 Å². The molecule has 0 aliphatic rings. The first-order valence-corrected chi connectivity index (χ1v) is 7.96. The van der Waals surface area contributed by atoms with Gasteiger partial charge in [0.25, 0.3) is 0 Å². The van der Waals surface area contributed by atoms with Crippen LogP contribution in [0.2, 0.25) is 0 Å². The lowest BCUT2D eigenvalue weighted by molar-refractivity contribution is 0.0688. The van der Waals surface area contributed by atoms with Crippen LogP contribution in [0.25, 0.3) is 0 Å². The van der Waals surface area contributed by atoms with E-state index in [1.807, 2.05) is 18.4 Å². The third kappa shape index (κ3) is 5.15. The Balaban J connectivity index is 2.55. The van der Waals surface area contributed by atoms with Crippen molar-refractivity contribution in [3.63, 3.8) is 0 Å². The fourth-order valence-corrected chi connectivity index (χ4v) is 2.51. The number of aromatic carboxylic acids is 1. The van der Waals surface area contributed by atoms with Crippen LogP contribution in [-0.2, 0) is 0 Å². The van der Waals surface area contributed by atoms with Gasteiger partial charge in [0.15, 0.2) is 0 Å². The van der Waals surface area contributed by atoms with E-state index in [1.165, 1.54) is 31.0 Å². The van der Waals surface area contributed by atoms with Crippen molar-refractivity contribution in [2.24, 2.45) is 0 Å². The van der Waals surface area contributed by atoms with Crippen LogP contribution in [0.5, 0.6) is 5.75 Å². The Bertz CT molecular complexity index is 404. The van der Waals surface area contributed by atoms with Gasteiger partial charge in [0, 0.05) is 4.90 Å². The summed E-state index contributed by atoms with van der Waals surface area (Å²) in [4.78, 5) is 12.0. The van der Waals surface area contributed by atoms with Gasteiger partial charge in [-0.25, -0.2) is 4.79 Å². The number of carboxylic acids is 1. The number of hydrogen-bond acceptors (Lipinski definition) is 3. The lowest BCUT2D eigenvalue weighted by atomic mass is 10.1. The number of unbranched alkanes of at least 4 members (excludes halogenated alkanes) is 4. The highest BCUT2D eigenvalue weighted by molar-refractivity contribution is 7.98. The third-order valence-corrected chi connectivity index (χ3v) is 3.71. The van der Waals surface area contributed by atoms with Gasteiger partial charge in [-0.2, -0.15) is 0 Å². The highest BCUT2D eigenvalue weighted by atomic mass is 32.2. The van der Waals surface area contributed by atoms with E-state index < -0.39 is 5.97 Å². The second-order valence-corrected chi connectivity index (χ2v) is 5.25. The van der Waals surface area contributed by atoms with Crippen molar-refractivity contribution in [2.75, 3.05) is 12.9 Å². The molecule has 3 nitrogen and oxygen atoms in total. The monoisotopic (exact) mass is 282 g/mol. The Morgan fingerprint density at radius 3 is 2.63 bits per heavy atom. The minimum absolute atomic E-state index is 0.281. The molecular formula is C15H22O3S. The van der Waals surface area contributed by atoms with Crippen LogP contribution in [0.3, 0.4) is 0 Å². The van der Waals surface area contributed by atoms with Crippen LogP contribution >= 0.6 is 11.8 Å².